The van der Waals surface area contributed by atoms with Gasteiger partial charge in [-0.3, -0.25) is 4.79 Å². The van der Waals surface area contributed by atoms with Crippen LogP contribution in [0.3, 0.4) is 0 Å². The number of ether oxygens (including phenoxy) is 3. The second-order valence-electron chi connectivity index (χ2n) is 3.42. The zero-order chi connectivity index (χ0) is 10.2. The quantitative estimate of drug-likeness (QED) is 0.336. The van der Waals surface area contributed by atoms with Crippen LogP contribution in [-0.4, -0.2) is 39.0 Å². The Bertz CT molecular complexity index is 166. The fourth-order valence-corrected chi connectivity index (χ4v) is 1.13. The number of hydrogen-bond donors (Lipinski definition) is 0. The molecule has 82 valence electrons. The molecule has 0 aromatic heterocycles. The summed E-state index contributed by atoms with van der Waals surface area (Å²) in [6.45, 7) is 2.33. The summed E-state index contributed by atoms with van der Waals surface area (Å²) < 4.78 is 14.9. The van der Waals surface area contributed by atoms with E-state index in [-0.39, 0.29) is 5.97 Å². The maximum absolute atomic E-state index is 10.7. The maximum atomic E-state index is 10.7. The van der Waals surface area contributed by atoms with Gasteiger partial charge in [0.25, 0.3) is 0 Å². The third kappa shape index (κ3) is 5.94. The van der Waals surface area contributed by atoms with Crippen molar-refractivity contribution in [2.45, 2.75) is 31.8 Å². The van der Waals surface area contributed by atoms with Gasteiger partial charge in [-0.25, -0.2) is 0 Å². The molecule has 4 nitrogen and oxygen atoms in total. The van der Waals surface area contributed by atoms with Crippen molar-refractivity contribution in [2.75, 3.05) is 26.9 Å². The van der Waals surface area contributed by atoms with Crippen LogP contribution in [0.4, 0.5) is 0 Å². The van der Waals surface area contributed by atoms with E-state index in [4.69, 9.17) is 9.47 Å². The van der Waals surface area contributed by atoms with E-state index in [2.05, 4.69) is 4.74 Å². The summed E-state index contributed by atoms with van der Waals surface area (Å²) in [4.78, 5) is 10.7. The third-order valence-electron chi connectivity index (χ3n) is 2.10. The predicted molar refractivity (Wildman–Crippen MR) is 51.0 cm³/mol. The molecule has 0 amide bonds. The minimum absolute atomic E-state index is 0.128. The van der Waals surface area contributed by atoms with Gasteiger partial charge in [-0.15, -0.1) is 0 Å². The predicted octanol–water partition coefficient (Wildman–Crippen LogP) is 1.14. The van der Waals surface area contributed by atoms with E-state index >= 15 is 0 Å². The topological polar surface area (TPSA) is 48.1 Å². The molecule has 0 aliphatic carbocycles. The van der Waals surface area contributed by atoms with Crippen LogP contribution >= 0.6 is 0 Å². The first-order chi connectivity index (χ1) is 6.83. The van der Waals surface area contributed by atoms with Crippen molar-refractivity contribution in [2.24, 2.45) is 0 Å². The summed E-state index contributed by atoms with van der Waals surface area (Å²) in [5.74, 6) is -0.128. The fourth-order valence-electron chi connectivity index (χ4n) is 1.13. The Balaban J connectivity index is 1.72. The minimum Gasteiger partial charge on any atom is -0.469 e. The van der Waals surface area contributed by atoms with E-state index in [9.17, 15) is 4.79 Å². The number of hydrogen-bond acceptors (Lipinski definition) is 4. The third-order valence-corrected chi connectivity index (χ3v) is 2.10. The first-order valence-electron chi connectivity index (χ1n) is 5.09. The average Bonchev–Trinajstić information content (AvgIpc) is 2.99. The lowest BCUT2D eigenvalue weighted by molar-refractivity contribution is -0.140. The number of unbranched alkanes of at least 4 members (excludes halogenated alkanes) is 2. The molecule has 1 rings (SSSR count). The van der Waals surface area contributed by atoms with Gasteiger partial charge >= 0.3 is 5.97 Å². The Labute approximate surface area is 84.5 Å². The first-order valence-corrected chi connectivity index (χ1v) is 5.09. The highest BCUT2D eigenvalue weighted by atomic mass is 16.6. The molecular formula is C10H18O4. The van der Waals surface area contributed by atoms with E-state index in [0.717, 1.165) is 39.1 Å². The molecule has 14 heavy (non-hydrogen) atoms. The number of carbonyl (C=O) groups is 1. The van der Waals surface area contributed by atoms with Gasteiger partial charge in [0.1, 0.15) is 6.10 Å². The second-order valence-corrected chi connectivity index (χ2v) is 3.42. The largest absolute Gasteiger partial charge is 0.469 e. The summed E-state index contributed by atoms with van der Waals surface area (Å²) in [6.07, 6.45) is 3.77. The van der Waals surface area contributed by atoms with Crippen LogP contribution in [0, 0.1) is 0 Å². The normalized spacial score (nSPS) is 19.4. The summed E-state index contributed by atoms with van der Waals surface area (Å²) >= 11 is 0. The van der Waals surface area contributed by atoms with Crippen molar-refractivity contribution in [3.63, 3.8) is 0 Å². The number of carbonyl (C=O) groups excluding carboxylic acids is 1. The number of esters is 1. The van der Waals surface area contributed by atoms with Gasteiger partial charge in [-0.1, -0.05) is 6.42 Å². The first kappa shape index (κ1) is 11.5. The minimum atomic E-state index is -0.128. The molecule has 4 heteroatoms. The molecule has 1 atom stereocenters. The lowest BCUT2D eigenvalue weighted by Crippen LogP contribution is -2.03. The van der Waals surface area contributed by atoms with E-state index in [0.29, 0.717) is 12.5 Å². The Morgan fingerprint density at radius 3 is 2.86 bits per heavy atom. The van der Waals surface area contributed by atoms with Crippen LogP contribution in [0.15, 0.2) is 0 Å². The highest BCUT2D eigenvalue weighted by molar-refractivity contribution is 5.68. The summed E-state index contributed by atoms with van der Waals surface area (Å²) in [5.41, 5.74) is 0. The lowest BCUT2D eigenvalue weighted by Gasteiger charge is -2.01. The van der Waals surface area contributed by atoms with Gasteiger partial charge < -0.3 is 14.2 Å². The van der Waals surface area contributed by atoms with Crippen LogP contribution in [-0.2, 0) is 19.0 Å². The lowest BCUT2D eigenvalue weighted by atomic mass is 10.2. The molecule has 0 radical (unpaired) electrons. The summed E-state index contributed by atoms with van der Waals surface area (Å²) in [5, 5.41) is 0. The molecule has 0 N–H and O–H groups in total. The second kappa shape index (κ2) is 6.79. The van der Waals surface area contributed by atoms with Gasteiger partial charge in [0.05, 0.1) is 20.3 Å². The Hall–Kier alpha value is -0.610. The number of methoxy groups -OCH3 is 1. The van der Waals surface area contributed by atoms with Crippen molar-refractivity contribution in [1.82, 2.24) is 0 Å². The van der Waals surface area contributed by atoms with Gasteiger partial charge in [-0.2, -0.15) is 0 Å². The Morgan fingerprint density at radius 2 is 2.21 bits per heavy atom. The monoisotopic (exact) mass is 202 g/mol. The molecule has 1 aliphatic rings. The van der Waals surface area contributed by atoms with Crippen LogP contribution in [0.5, 0.6) is 0 Å². The molecule has 1 fully saturated rings. The Kier molecular flexibility index (Phi) is 5.56. The molecule has 1 unspecified atom stereocenters. The molecule has 0 aromatic rings. The van der Waals surface area contributed by atoms with E-state index in [1.165, 1.54) is 7.11 Å². The maximum Gasteiger partial charge on any atom is 0.305 e. The van der Waals surface area contributed by atoms with Crippen molar-refractivity contribution in [1.29, 1.82) is 0 Å². The molecule has 1 saturated heterocycles. The van der Waals surface area contributed by atoms with Crippen molar-refractivity contribution < 1.29 is 19.0 Å². The van der Waals surface area contributed by atoms with Crippen LogP contribution in [0.2, 0.25) is 0 Å². The molecule has 1 aliphatic heterocycles. The fraction of sp³-hybridized carbons (Fsp3) is 0.900. The Morgan fingerprint density at radius 1 is 1.43 bits per heavy atom. The molecule has 0 spiro atoms. The van der Waals surface area contributed by atoms with E-state index in [1.54, 1.807) is 0 Å². The van der Waals surface area contributed by atoms with Crippen LogP contribution in [0.25, 0.3) is 0 Å². The van der Waals surface area contributed by atoms with Gasteiger partial charge in [-0.05, 0) is 12.8 Å². The highest BCUT2D eigenvalue weighted by Gasteiger charge is 2.21. The molecular weight excluding hydrogens is 184 g/mol. The molecule has 0 aromatic carbocycles. The zero-order valence-electron chi connectivity index (χ0n) is 8.66. The summed E-state index contributed by atoms with van der Waals surface area (Å²) in [7, 11) is 1.42. The van der Waals surface area contributed by atoms with Crippen LogP contribution < -0.4 is 0 Å². The van der Waals surface area contributed by atoms with E-state index < -0.39 is 0 Å². The zero-order valence-corrected chi connectivity index (χ0v) is 8.66. The van der Waals surface area contributed by atoms with E-state index in [1.807, 2.05) is 0 Å². The molecule has 0 saturated carbocycles. The highest BCUT2D eigenvalue weighted by Crippen LogP contribution is 2.09. The van der Waals surface area contributed by atoms with Crippen molar-refractivity contribution >= 4 is 5.97 Å². The molecule has 1 heterocycles. The van der Waals surface area contributed by atoms with Crippen LogP contribution in [0.1, 0.15) is 25.7 Å². The average molecular weight is 202 g/mol. The van der Waals surface area contributed by atoms with Gasteiger partial charge in [0, 0.05) is 13.0 Å². The number of rotatable bonds is 8. The van der Waals surface area contributed by atoms with Gasteiger partial charge in [0.2, 0.25) is 0 Å². The smallest absolute Gasteiger partial charge is 0.305 e. The number of epoxide rings is 1. The summed E-state index contributed by atoms with van der Waals surface area (Å²) in [6, 6.07) is 0. The molecule has 0 bridgehead atoms. The standard InChI is InChI=1S/C10H18O4/c1-12-10(11)5-3-2-4-6-13-7-9-8-14-9/h9H,2-8H2,1H3. The van der Waals surface area contributed by atoms with Crippen molar-refractivity contribution in [3.05, 3.63) is 0 Å². The van der Waals surface area contributed by atoms with Gasteiger partial charge in [0.15, 0.2) is 0 Å². The SMILES string of the molecule is COC(=O)CCCCCOCC1CO1. The van der Waals surface area contributed by atoms with Crippen molar-refractivity contribution in [3.8, 4) is 0 Å².